The second-order valence-electron chi connectivity index (χ2n) is 4.44. The van der Waals surface area contributed by atoms with Crippen molar-refractivity contribution in [3.63, 3.8) is 0 Å². The maximum Gasteiger partial charge on any atom is 0.338 e. The third kappa shape index (κ3) is 4.60. The lowest BCUT2D eigenvalue weighted by atomic mass is 10.2. The molecule has 118 valence electrons. The van der Waals surface area contributed by atoms with Crippen molar-refractivity contribution in [1.82, 2.24) is 0 Å². The standard InChI is InChI=1S/C15H11FN2O5/c16-11-3-1-10(2-4-11)15(20)23-9-14(19)17-12-5-7-13(8-6-12)18(21)22/h1-8H,9H2,(H,17,19). The molecule has 1 N–H and O–H groups in total. The molecule has 8 heteroatoms. The molecule has 0 atom stereocenters. The lowest BCUT2D eigenvalue weighted by Crippen LogP contribution is -2.20. The highest BCUT2D eigenvalue weighted by atomic mass is 19.1. The van der Waals surface area contributed by atoms with Gasteiger partial charge in [-0.1, -0.05) is 0 Å². The van der Waals surface area contributed by atoms with Gasteiger partial charge in [-0.05, 0) is 36.4 Å². The van der Waals surface area contributed by atoms with E-state index in [9.17, 15) is 24.1 Å². The number of halogens is 1. The molecule has 23 heavy (non-hydrogen) atoms. The summed E-state index contributed by atoms with van der Waals surface area (Å²) < 4.78 is 17.5. The van der Waals surface area contributed by atoms with Crippen LogP contribution in [0.2, 0.25) is 0 Å². The number of ether oxygens (including phenoxy) is 1. The first-order chi connectivity index (χ1) is 11.0. The number of carbonyl (C=O) groups is 2. The van der Waals surface area contributed by atoms with Gasteiger partial charge in [0.25, 0.3) is 11.6 Å². The number of carbonyl (C=O) groups excluding carboxylic acids is 2. The van der Waals surface area contributed by atoms with Crippen LogP contribution in [0.1, 0.15) is 10.4 Å². The molecule has 0 aliphatic carbocycles. The van der Waals surface area contributed by atoms with Gasteiger partial charge in [0.2, 0.25) is 0 Å². The van der Waals surface area contributed by atoms with Crippen molar-refractivity contribution in [2.75, 3.05) is 11.9 Å². The number of hydrogen-bond acceptors (Lipinski definition) is 5. The fraction of sp³-hybridized carbons (Fsp3) is 0.0667. The lowest BCUT2D eigenvalue weighted by Gasteiger charge is -2.06. The van der Waals surface area contributed by atoms with E-state index in [-0.39, 0.29) is 11.3 Å². The SMILES string of the molecule is O=C(COC(=O)c1ccc(F)cc1)Nc1ccc([N+](=O)[O-])cc1. The molecule has 0 radical (unpaired) electrons. The van der Waals surface area contributed by atoms with Gasteiger partial charge < -0.3 is 10.1 Å². The van der Waals surface area contributed by atoms with Crippen LogP contribution in [-0.4, -0.2) is 23.4 Å². The molecule has 0 unspecified atom stereocenters. The van der Waals surface area contributed by atoms with Gasteiger partial charge >= 0.3 is 5.97 Å². The maximum absolute atomic E-state index is 12.7. The molecule has 0 aliphatic heterocycles. The summed E-state index contributed by atoms with van der Waals surface area (Å²) in [6.45, 7) is -0.535. The molecule has 0 aliphatic rings. The van der Waals surface area contributed by atoms with Crippen LogP contribution in [-0.2, 0) is 9.53 Å². The van der Waals surface area contributed by atoms with Crippen LogP contribution in [0.5, 0.6) is 0 Å². The third-order valence-corrected chi connectivity index (χ3v) is 2.78. The maximum atomic E-state index is 12.7. The fourth-order valence-corrected chi connectivity index (χ4v) is 1.66. The van der Waals surface area contributed by atoms with Crippen molar-refractivity contribution < 1.29 is 23.6 Å². The Morgan fingerprint density at radius 3 is 2.26 bits per heavy atom. The molecule has 2 aromatic carbocycles. The predicted molar refractivity (Wildman–Crippen MR) is 78.4 cm³/mol. The molecule has 0 fully saturated rings. The second-order valence-corrected chi connectivity index (χ2v) is 4.44. The fourth-order valence-electron chi connectivity index (χ4n) is 1.66. The number of rotatable bonds is 5. The number of anilines is 1. The molecule has 2 rings (SSSR count). The Kier molecular flexibility index (Phi) is 4.98. The van der Waals surface area contributed by atoms with Crippen LogP contribution < -0.4 is 5.32 Å². The zero-order valence-corrected chi connectivity index (χ0v) is 11.7. The van der Waals surface area contributed by atoms with Gasteiger partial charge in [-0.3, -0.25) is 14.9 Å². The Morgan fingerprint density at radius 1 is 1.09 bits per heavy atom. The molecule has 2 aromatic rings. The van der Waals surface area contributed by atoms with E-state index in [1.165, 1.54) is 36.4 Å². The highest BCUT2D eigenvalue weighted by Crippen LogP contribution is 2.15. The molecule has 0 heterocycles. The summed E-state index contributed by atoms with van der Waals surface area (Å²) in [5.74, 6) is -1.85. The Bertz CT molecular complexity index is 729. The Morgan fingerprint density at radius 2 is 1.70 bits per heavy atom. The van der Waals surface area contributed by atoms with E-state index < -0.39 is 29.2 Å². The molecule has 0 bridgehead atoms. The van der Waals surface area contributed by atoms with E-state index in [1.807, 2.05) is 0 Å². The predicted octanol–water partition coefficient (Wildman–Crippen LogP) is 2.53. The summed E-state index contributed by atoms with van der Waals surface area (Å²) in [7, 11) is 0. The first-order valence-electron chi connectivity index (χ1n) is 6.43. The van der Waals surface area contributed by atoms with Gasteiger partial charge in [-0.25, -0.2) is 9.18 Å². The largest absolute Gasteiger partial charge is 0.452 e. The highest BCUT2D eigenvalue weighted by Gasteiger charge is 2.11. The third-order valence-electron chi connectivity index (χ3n) is 2.78. The zero-order chi connectivity index (χ0) is 16.8. The van der Waals surface area contributed by atoms with Crippen molar-refractivity contribution in [1.29, 1.82) is 0 Å². The Hall–Kier alpha value is -3.29. The van der Waals surface area contributed by atoms with E-state index >= 15 is 0 Å². The molecular weight excluding hydrogens is 307 g/mol. The average Bonchev–Trinajstić information content (AvgIpc) is 2.54. The van der Waals surface area contributed by atoms with Crippen LogP contribution >= 0.6 is 0 Å². The number of esters is 1. The molecular formula is C15H11FN2O5. The first kappa shape index (κ1) is 16.1. The van der Waals surface area contributed by atoms with Crippen LogP contribution in [0.25, 0.3) is 0 Å². The van der Waals surface area contributed by atoms with Gasteiger partial charge in [-0.2, -0.15) is 0 Å². The van der Waals surface area contributed by atoms with E-state index in [2.05, 4.69) is 5.32 Å². The summed E-state index contributed by atoms with van der Waals surface area (Å²) in [5, 5.41) is 12.9. The second kappa shape index (κ2) is 7.12. The highest BCUT2D eigenvalue weighted by molar-refractivity contribution is 5.95. The number of nitro benzene ring substituents is 1. The molecule has 0 spiro atoms. The van der Waals surface area contributed by atoms with E-state index in [1.54, 1.807) is 0 Å². The smallest absolute Gasteiger partial charge is 0.338 e. The van der Waals surface area contributed by atoms with E-state index in [0.29, 0.717) is 5.69 Å². The minimum absolute atomic E-state index is 0.106. The monoisotopic (exact) mass is 318 g/mol. The van der Waals surface area contributed by atoms with Crippen LogP contribution in [0, 0.1) is 15.9 Å². The van der Waals surface area contributed by atoms with Gasteiger partial charge in [0, 0.05) is 17.8 Å². The van der Waals surface area contributed by atoms with Gasteiger partial charge in [-0.15, -0.1) is 0 Å². The van der Waals surface area contributed by atoms with Crippen molar-refractivity contribution in [3.8, 4) is 0 Å². The number of hydrogen-bond donors (Lipinski definition) is 1. The molecule has 1 amide bonds. The normalized spacial score (nSPS) is 9.96. The van der Waals surface area contributed by atoms with Crippen LogP contribution in [0.3, 0.4) is 0 Å². The van der Waals surface area contributed by atoms with E-state index in [0.717, 1.165) is 12.1 Å². The number of nitro groups is 1. The summed E-state index contributed by atoms with van der Waals surface area (Å²) in [5.41, 5.74) is 0.346. The van der Waals surface area contributed by atoms with Gasteiger partial charge in [0.05, 0.1) is 10.5 Å². The summed E-state index contributed by atoms with van der Waals surface area (Å²) in [6.07, 6.45) is 0. The van der Waals surface area contributed by atoms with Crippen molar-refractivity contribution >= 4 is 23.3 Å². The van der Waals surface area contributed by atoms with Crippen molar-refractivity contribution in [3.05, 3.63) is 70.0 Å². The summed E-state index contributed by atoms with van der Waals surface area (Å²) in [4.78, 5) is 33.2. The lowest BCUT2D eigenvalue weighted by molar-refractivity contribution is -0.384. The minimum Gasteiger partial charge on any atom is -0.452 e. The van der Waals surface area contributed by atoms with Gasteiger partial charge in [0.15, 0.2) is 6.61 Å². The van der Waals surface area contributed by atoms with Crippen molar-refractivity contribution in [2.24, 2.45) is 0 Å². The number of nitrogens with one attached hydrogen (secondary N) is 1. The Labute approximate surface area is 129 Å². The quantitative estimate of drug-likeness (QED) is 0.519. The minimum atomic E-state index is -0.760. The molecule has 0 saturated carbocycles. The first-order valence-corrected chi connectivity index (χ1v) is 6.43. The zero-order valence-electron chi connectivity index (χ0n) is 11.7. The number of amides is 1. The van der Waals surface area contributed by atoms with Crippen LogP contribution in [0.4, 0.5) is 15.8 Å². The van der Waals surface area contributed by atoms with Crippen LogP contribution in [0.15, 0.2) is 48.5 Å². The molecule has 0 aromatic heterocycles. The Balaban J connectivity index is 1.86. The molecule has 7 nitrogen and oxygen atoms in total. The average molecular weight is 318 g/mol. The molecule has 0 saturated heterocycles. The van der Waals surface area contributed by atoms with E-state index in [4.69, 9.17) is 4.74 Å². The summed E-state index contributed by atoms with van der Waals surface area (Å²) >= 11 is 0. The number of nitrogens with zero attached hydrogens (tertiary/aromatic N) is 1. The van der Waals surface area contributed by atoms with Crippen molar-refractivity contribution in [2.45, 2.75) is 0 Å². The topological polar surface area (TPSA) is 98.5 Å². The van der Waals surface area contributed by atoms with Gasteiger partial charge in [0.1, 0.15) is 5.82 Å². The number of non-ortho nitro benzene ring substituents is 1. The summed E-state index contributed by atoms with van der Waals surface area (Å²) in [6, 6.07) is 9.88. The number of benzene rings is 2.